The van der Waals surface area contributed by atoms with Crippen LogP contribution in [0.3, 0.4) is 0 Å². The lowest BCUT2D eigenvalue weighted by Gasteiger charge is -2.17. The summed E-state index contributed by atoms with van der Waals surface area (Å²) in [6.45, 7) is 2.98. The van der Waals surface area contributed by atoms with E-state index in [2.05, 4.69) is 5.32 Å². The summed E-state index contributed by atoms with van der Waals surface area (Å²) >= 11 is 0. The van der Waals surface area contributed by atoms with Crippen molar-refractivity contribution in [3.05, 3.63) is 39.9 Å². The molecule has 1 N–H and O–H groups in total. The predicted molar refractivity (Wildman–Crippen MR) is 97.7 cm³/mol. The molecule has 1 amide bonds. The molecule has 0 bridgehead atoms. The van der Waals surface area contributed by atoms with E-state index in [9.17, 15) is 24.5 Å². The number of Topliss-reactive ketones (excluding diaryl/α,β-unsaturated/α-hetero) is 1. The summed E-state index contributed by atoms with van der Waals surface area (Å²) in [4.78, 5) is 46.3. The van der Waals surface area contributed by atoms with Crippen molar-refractivity contribution in [3.63, 3.8) is 0 Å². The van der Waals surface area contributed by atoms with Gasteiger partial charge >= 0.3 is 5.97 Å². The van der Waals surface area contributed by atoms with Gasteiger partial charge in [-0.1, -0.05) is 26.0 Å². The first-order valence-corrected chi connectivity index (χ1v) is 8.99. The summed E-state index contributed by atoms with van der Waals surface area (Å²) in [5.41, 5.74) is 1.73. The van der Waals surface area contributed by atoms with Crippen LogP contribution in [0, 0.1) is 27.9 Å². The smallest absolute Gasteiger partial charge is 0.307 e. The molecule has 0 saturated heterocycles. The Morgan fingerprint density at radius 2 is 1.96 bits per heavy atom. The van der Waals surface area contributed by atoms with Crippen LogP contribution in [0.15, 0.2) is 24.3 Å². The summed E-state index contributed by atoms with van der Waals surface area (Å²) in [5, 5.41) is 13.4. The Morgan fingerprint density at radius 1 is 1.30 bits per heavy atom. The van der Waals surface area contributed by atoms with Gasteiger partial charge in [0.25, 0.3) is 5.91 Å². The third-order valence-corrected chi connectivity index (χ3v) is 4.94. The molecule has 2 rings (SSSR count). The lowest BCUT2D eigenvalue weighted by molar-refractivity contribution is -0.490. The molecule has 3 atom stereocenters. The number of ketones is 1. The molecule has 0 unspecified atom stereocenters. The normalized spacial score (nSPS) is 21.7. The molecular weight excluding hydrogens is 352 g/mol. The Labute approximate surface area is 157 Å². The molecule has 146 valence electrons. The molecule has 1 saturated carbocycles. The maximum absolute atomic E-state index is 12.0. The average molecular weight is 376 g/mol. The van der Waals surface area contributed by atoms with Crippen molar-refractivity contribution in [1.82, 2.24) is 0 Å². The maximum Gasteiger partial charge on any atom is 0.307 e. The fraction of sp³-hybridized carbons (Fsp3) is 0.526. The molecule has 8 nitrogen and oxygen atoms in total. The second-order valence-corrected chi connectivity index (χ2v) is 6.90. The van der Waals surface area contributed by atoms with Gasteiger partial charge in [-0.05, 0) is 30.0 Å². The molecule has 1 aromatic rings. The Balaban J connectivity index is 1.82. The minimum Gasteiger partial charge on any atom is -0.456 e. The number of carbonyl (C=O) groups excluding carboxylic acids is 3. The molecule has 0 aromatic heterocycles. The fourth-order valence-electron chi connectivity index (χ4n) is 3.41. The first kappa shape index (κ1) is 20.5. The quantitative estimate of drug-likeness (QED) is 0.423. The van der Waals surface area contributed by atoms with Crippen LogP contribution < -0.4 is 5.32 Å². The van der Waals surface area contributed by atoms with Gasteiger partial charge in [-0.2, -0.15) is 0 Å². The van der Waals surface area contributed by atoms with Crippen molar-refractivity contribution in [1.29, 1.82) is 0 Å². The highest BCUT2D eigenvalue weighted by atomic mass is 16.6. The zero-order valence-electron chi connectivity index (χ0n) is 15.5. The van der Waals surface area contributed by atoms with Crippen molar-refractivity contribution in [2.45, 2.75) is 33.1 Å². The highest BCUT2D eigenvalue weighted by molar-refractivity contribution is 5.93. The van der Waals surface area contributed by atoms with Crippen LogP contribution >= 0.6 is 0 Å². The molecule has 1 fully saturated rings. The summed E-state index contributed by atoms with van der Waals surface area (Å²) in [7, 11) is 0. The van der Waals surface area contributed by atoms with E-state index in [1.165, 1.54) is 0 Å². The number of anilines is 1. The average Bonchev–Trinajstić information content (AvgIpc) is 2.87. The number of hydrogen-bond donors (Lipinski definition) is 1. The third kappa shape index (κ3) is 5.87. The number of benzene rings is 1. The Kier molecular flexibility index (Phi) is 7.04. The van der Waals surface area contributed by atoms with E-state index in [4.69, 9.17) is 4.74 Å². The Hall–Kier alpha value is -2.77. The maximum atomic E-state index is 12.0. The zero-order chi connectivity index (χ0) is 20.0. The van der Waals surface area contributed by atoms with E-state index in [0.29, 0.717) is 5.69 Å². The minimum absolute atomic E-state index is 0.143. The van der Waals surface area contributed by atoms with Gasteiger partial charge < -0.3 is 10.1 Å². The minimum atomic E-state index is -0.720. The topological polar surface area (TPSA) is 116 Å². The predicted octanol–water partition coefficient (Wildman–Crippen LogP) is 2.24. The number of hydrogen-bond acceptors (Lipinski definition) is 6. The summed E-state index contributed by atoms with van der Waals surface area (Å²) in [5.74, 6) is -2.69. The largest absolute Gasteiger partial charge is 0.456 e. The van der Waals surface area contributed by atoms with E-state index in [1.807, 2.05) is 19.1 Å². The molecule has 0 radical (unpaired) electrons. The van der Waals surface area contributed by atoms with Crippen LogP contribution in [0.1, 0.15) is 32.3 Å². The number of ether oxygens (including phenoxy) is 1. The van der Waals surface area contributed by atoms with E-state index >= 15 is 0 Å². The number of amides is 1. The van der Waals surface area contributed by atoms with Crippen LogP contribution in [0.4, 0.5) is 5.69 Å². The second kappa shape index (κ2) is 9.25. The molecule has 0 heterocycles. The van der Waals surface area contributed by atoms with Gasteiger partial charge in [-0.3, -0.25) is 24.5 Å². The van der Waals surface area contributed by atoms with Gasteiger partial charge in [-0.25, -0.2) is 0 Å². The second-order valence-electron chi connectivity index (χ2n) is 6.90. The molecule has 1 aromatic carbocycles. The molecule has 1 aliphatic carbocycles. The number of carbonyl (C=O) groups is 3. The number of rotatable bonds is 8. The fourth-order valence-corrected chi connectivity index (χ4v) is 3.41. The number of esters is 1. The first-order chi connectivity index (χ1) is 12.8. The number of nitrogens with zero attached hydrogens (tertiary/aromatic N) is 1. The summed E-state index contributed by atoms with van der Waals surface area (Å²) < 4.78 is 4.95. The zero-order valence-corrected chi connectivity index (χ0v) is 15.5. The van der Waals surface area contributed by atoms with Crippen LogP contribution in [0.5, 0.6) is 0 Å². The van der Waals surface area contributed by atoms with Gasteiger partial charge in [0.15, 0.2) is 6.61 Å². The summed E-state index contributed by atoms with van der Waals surface area (Å²) in [6.07, 6.45) is 0.882. The van der Waals surface area contributed by atoms with Gasteiger partial charge in [0.1, 0.15) is 5.78 Å². The highest BCUT2D eigenvalue weighted by Crippen LogP contribution is 2.36. The van der Waals surface area contributed by atoms with Crippen LogP contribution in [0.25, 0.3) is 0 Å². The first-order valence-electron chi connectivity index (χ1n) is 8.99. The van der Waals surface area contributed by atoms with Crippen LogP contribution in [-0.4, -0.2) is 35.7 Å². The van der Waals surface area contributed by atoms with Crippen molar-refractivity contribution in [2.24, 2.45) is 17.8 Å². The molecule has 0 spiro atoms. The standard InChI is InChI=1S/C19H24N2O6/c1-3-13-4-6-14(7-5-13)20-18(23)11-27-19(24)9-15-16(10-21(25)26)12(2)8-17(15)22/h4-7,12,15-16H,3,8-11H2,1-2H3,(H,20,23)/t12-,15+,16+/m1/s1. The molecule has 1 aliphatic rings. The highest BCUT2D eigenvalue weighted by Gasteiger charge is 2.44. The van der Waals surface area contributed by atoms with Crippen molar-refractivity contribution >= 4 is 23.3 Å². The number of nitro groups is 1. The SMILES string of the molecule is CCc1ccc(NC(=O)COC(=O)C[C@@H]2C(=O)C[C@@H](C)[C@@H]2C[N+](=O)[O-])cc1. The van der Waals surface area contributed by atoms with Crippen LogP contribution in [-0.2, 0) is 25.5 Å². The molecule has 27 heavy (non-hydrogen) atoms. The molecule has 0 aliphatic heterocycles. The van der Waals surface area contributed by atoms with Gasteiger partial charge in [-0.15, -0.1) is 0 Å². The molecule has 8 heteroatoms. The van der Waals surface area contributed by atoms with Gasteiger partial charge in [0, 0.05) is 28.9 Å². The van der Waals surface area contributed by atoms with E-state index in [-0.39, 0.29) is 31.1 Å². The Bertz CT molecular complexity index is 715. The summed E-state index contributed by atoms with van der Waals surface area (Å²) in [6, 6.07) is 7.31. The molecular formula is C19H24N2O6. The lowest BCUT2D eigenvalue weighted by atomic mass is 9.88. The lowest BCUT2D eigenvalue weighted by Crippen LogP contribution is -2.28. The van der Waals surface area contributed by atoms with E-state index < -0.39 is 35.2 Å². The van der Waals surface area contributed by atoms with Crippen molar-refractivity contribution < 1.29 is 24.0 Å². The number of nitrogens with one attached hydrogen (secondary N) is 1. The van der Waals surface area contributed by atoms with Gasteiger partial charge in [0.05, 0.1) is 6.42 Å². The van der Waals surface area contributed by atoms with Gasteiger partial charge in [0.2, 0.25) is 6.54 Å². The monoisotopic (exact) mass is 376 g/mol. The van der Waals surface area contributed by atoms with E-state index in [1.54, 1.807) is 19.1 Å². The number of aryl methyl sites for hydroxylation is 1. The van der Waals surface area contributed by atoms with Crippen LogP contribution in [0.2, 0.25) is 0 Å². The van der Waals surface area contributed by atoms with Crippen molar-refractivity contribution in [3.8, 4) is 0 Å². The van der Waals surface area contributed by atoms with E-state index in [0.717, 1.165) is 12.0 Å². The third-order valence-electron chi connectivity index (χ3n) is 4.94. The van der Waals surface area contributed by atoms with Crippen molar-refractivity contribution in [2.75, 3.05) is 18.5 Å². The Morgan fingerprint density at radius 3 is 2.56 bits per heavy atom.